The molecule has 0 amide bonds. The highest BCUT2D eigenvalue weighted by Gasteiger charge is 2.11. The molecule has 2 N–H and O–H groups in total. The van der Waals surface area contributed by atoms with Gasteiger partial charge in [-0.1, -0.05) is 29.8 Å². The highest BCUT2D eigenvalue weighted by Crippen LogP contribution is 2.22. The maximum absolute atomic E-state index is 5.52. The van der Waals surface area contributed by atoms with Gasteiger partial charge in [0.05, 0.1) is 6.61 Å². The third kappa shape index (κ3) is 3.39. The van der Waals surface area contributed by atoms with Gasteiger partial charge in [0, 0.05) is 11.8 Å². The van der Waals surface area contributed by atoms with Crippen molar-refractivity contribution in [3.05, 3.63) is 53.6 Å². The number of H-pyrrole nitrogens is 2. The number of hydrogen-bond acceptors (Lipinski definition) is 2. The molecule has 2 aromatic carbocycles. The molecular weight excluding hydrogens is 280 g/mol. The molecule has 4 heteroatoms. The average molecular weight is 299 g/mol. The smallest absolute Gasteiger partial charge is 0.314 e. The van der Waals surface area contributed by atoms with Crippen LogP contribution in [0.4, 0.5) is 0 Å². The number of hydrogen-bond donors (Lipinski definition) is 1. The summed E-state index contributed by atoms with van der Waals surface area (Å²) in [5, 5.41) is 1.07. The molecule has 0 bridgehead atoms. The van der Waals surface area contributed by atoms with E-state index in [1.807, 2.05) is 25.1 Å². The summed E-state index contributed by atoms with van der Waals surface area (Å²) in [6, 6.07) is 14.7. The molecule has 0 aliphatic carbocycles. The normalized spacial score (nSPS) is 11.0. The summed E-state index contributed by atoms with van der Waals surface area (Å²) in [7, 11) is 0. The Morgan fingerprint density at radius 2 is 1.95 bits per heavy atom. The van der Waals surface area contributed by atoms with Crippen molar-refractivity contribution in [2.24, 2.45) is 0 Å². The second-order valence-corrected chi connectivity index (χ2v) is 5.98. The predicted molar refractivity (Wildman–Crippen MR) is 86.8 cm³/mol. The monoisotopic (exact) mass is 299 g/mol. The standard InChI is InChI=1S/C17H18N2OS/c1-3-20-14-8-9-15-16(10-14)19-17(18-15)21-11-13-6-4-12(2)5-7-13/h4-10H,3,11H2,1-2H3,(H,18,19)/p+1. The molecule has 0 spiro atoms. The largest absolute Gasteiger partial charge is 0.494 e. The van der Waals surface area contributed by atoms with Gasteiger partial charge in [0.2, 0.25) is 0 Å². The van der Waals surface area contributed by atoms with Crippen molar-refractivity contribution in [3.63, 3.8) is 0 Å². The van der Waals surface area contributed by atoms with Crippen LogP contribution in [0.25, 0.3) is 11.0 Å². The lowest BCUT2D eigenvalue weighted by molar-refractivity contribution is -0.396. The number of aromatic amines is 2. The average Bonchev–Trinajstić information content (AvgIpc) is 2.89. The molecule has 0 radical (unpaired) electrons. The highest BCUT2D eigenvalue weighted by molar-refractivity contribution is 7.98. The van der Waals surface area contributed by atoms with Crippen molar-refractivity contribution in [1.29, 1.82) is 0 Å². The molecule has 0 saturated carbocycles. The van der Waals surface area contributed by atoms with Gasteiger partial charge in [0.25, 0.3) is 0 Å². The molecular formula is C17H19N2OS+. The lowest BCUT2D eigenvalue weighted by atomic mass is 10.2. The van der Waals surface area contributed by atoms with E-state index >= 15 is 0 Å². The van der Waals surface area contributed by atoms with Crippen LogP contribution in [0, 0.1) is 6.92 Å². The van der Waals surface area contributed by atoms with Crippen molar-refractivity contribution in [1.82, 2.24) is 4.98 Å². The molecule has 0 fully saturated rings. The van der Waals surface area contributed by atoms with Gasteiger partial charge in [-0.15, -0.1) is 0 Å². The predicted octanol–water partition coefficient (Wildman–Crippen LogP) is 3.98. The van der Waals surface area contributed by atoms with E-state index in [1.54, 1.807) is 11.8 Å². The fourth-order valence-corrected chi connectivity index (χ4v) is 3.05. The number of thioether (sulfide) groups is 1. The minimum atomic E-state index is 0.685. The molecule has 0 saturated heterocycles. The quantitative estimate of drug-likeness (QED) is 0.724. The summed E-state index contributed by atoms with van der Waals surface area (Å²) >= 11 is 1.77. The van der Waals surface area contributed by atoms with Crippen molar-refractivity contribution in [2.75, 3.05) is 6.61 Å². The van der Waals surface area contributed by atoms with E-state index in [0.29, 0.717) is 6.61 Å². The van der Waals surface area contributed by atoms with E-state index in [2.05, 4.69) is 41.2 Å². The Morgan fingerprint density at radius 3 is 2.71 bits per heavy atom. The molecule has 3 nitrogen and oxygen atoms in total. The number of benzene rings is 2. The Balaban J connectivity index is 1.73. The first-order chi connectivity index (χ1) is 10.2. The minimum Gasteiger partial charge on any atom is -0.494 e. The summed E-state index contributed by atoms with van der Waals surface area (Å²) in [5.41, 5.74) is 4.80. The van der Waals surface area contributed by atoms with Crippen LogP contribution >= 0.6 is 11.8 Å². The first-order valence-corrected chi connectivity index (χ1v) is 8.09. The maximum Gasteiger partial charge on any atom is 0.314 e. The van der Waals surface area contributed by atoms with Gasteiger partial charge in [-0.2, -0.15) is 0 Å². The number of aromatic nitrogens is 2. The first-order valence-electron chi connectivity index (χ1n) is 7.11. The van der Waals surface area contributed by atoms with Gasteiger partial charge >= 0.3 is 5.16 Å². The maximum atomic E-state index is 5.52. The summed E-state index contributed by atoms with van der Waals surface area (Å²) in [6.45, 7) is 4.79. The summed E-state index contributed by atoms with van der Waals surface area (Å²) in [6.07, 6.45) is 0. The van der Waals surface area contributed by atoms with Gasteiger partial charge in [-0.25, -0.2) is 9.97 Å². The summed E-state index contributed by atoms with van der Waals surface area (Å²) in [5.74, 6) is 1.84. The van der Waals surface area contributed by atoms with E-state index in [0.717, 1.165) is 27.7 Å². The Labute approximate surface area is 128 Å². The van der Waals surface area contributed by atoms with Gasteiger partial charge in [-0.05, 0) is 43.3 Å². The van der Waals surface area contributed by atoms with Gasteiger partial charge in [0.1, 0.15) is 5.75 Å². The zero-order chi connectivity index (χ0) is 14.7. The Bertz CT molecular complexity index is 734. The topological polar surface area (TPSA) is 39.2 Å². The van der Waals surface area contributed by atoms with Crippen molar-refractivity contribution < 1.29 is 9.72 Å². The summed E-state index contributed by atoms with van der Waals surface area (Å²) in [4.78, 5) is 6.80. The van der Waals surface area contributed by atoms with Gasteiger partial charge in [0.15, 0.2) is 11.0 Å². The van der Waals surface area contributed by atoms with E-state index in [-0.39, 0.29) is 0 Å². The lowest BCUT2D eigenvalue weighted by Crippen LogP contribution is -2.01. The number of imidazole rings is 1. The number of aryl methyl sites for hydroxylation is 1. The zero-order valence-corrected chi connectivity index (χ0v) is 13.1. The van der Waals surface area contributed by atoms with Crippen LogP contribution in [-0.2, 0) is 5.75 Å². The fourth-order valence-electron chi connectivity index (χ4n) is 2.18. The minimum absolute atomic E-state index is 0.685. The third-order valence-electron chi connectivity index (χ3n) is 3.30. The number of rotatable bonds is 5. The summed E-state index contributed by atoms with van der Waals surface area (Å²) < 4.78 is 5.52. The van der Waals surface area contributed by atoms with Gasteiger partial charge < -0.3 is 4.74 Å². The van der Waals surface area contributed by atoms with Crippen LogP contribution in [0.1, 0.15) is 18.1 Å². The van der Waals surface area contributed by atoms with E-state index in [4.69, 9.17) is 4.74 Å². The SMILES string of the molecule is CCOc1ccc2[nH+]c(SCc3ccc(C)cc3)[nH]c2c1. The van der Waals surface area contributed by atoms with Crippen molar-refractivity contribution >= 4 is 22.8 Å². The molecule has 1 aromatic heterocycles. The second-order valence-electron chi connectivity index (χ2n) is 4.99. The van der Waals surface area contributed by atoms with Crippen LogP contribution < -0.4 is 9.72 Å². The molecule has 0 aliphatic heterocycles. The van der Waals surface area contributed by atoms with Crippen molar-refractivity contribution in [2.45, 2.75) is 24.8 Å². The molecule has 3 aromatic rings. The molecule has 0 aliphatic rings. The Hall–Kier alpha value is -1.94. The molecule has 108 valence electrons. The van der Waals surface area contributed by atoms with Crippen LogP contribution in [0.15, 0.2) is 47.6 Å². The first kappa shape index (κ1) is 14.0. The zero-order valence-electron chi connectivity index (χ0n) is 12.3. The number of fused-ring (bicyclic) bond motifs is 1. The number of nitrogens with one attached hydrogen (secondary N) is 2. The van der Waals surface area contributed by atoms with Crippen LogP contribution in [-0.4, -0.2) is 11.6 Å². The molecule has 21 heavy (non-hydrogen) atoms. The van der Waals surface area contributed by atoms with Crippen molar-refractivity contribution in [3.8, 4) is 5.75 Å². The highest BCUT2D eigenvalue weighted by atomic mass is 32.2. The second kappa shape index (κ2) is 6.22. The lowest BCUT2D eigenvalue weighted by Gasteiger charge is -1.99. The fraction of sp³-hybridized carbons (Fsp3) is 0.235. The van der Waals surface area contributed by atoms with E-state index in [9.17, 15) is 0 Å². The van der Waals surface area contributed by atoms with E-state index in [1.165, 1.54) is 11.1 Å². The molecule has 3 rings (SSSR count). The molecule has 1 heterocycles. The molecule has 0 unspecified atom stereocenters. The van der Waals surface area contributed by atoms with E-state index < -0.39 is 0 Å². The Morgan fingerprint density at radius 1 is 1.14 bits per heavy atom. The number of ether oxygens (including phenoxy) is 1. The van der Waals surface area contributed by atoms with Crippen LogP contribution in [0.2, 0.25) is 0 Å². The Kier molecular flexibility index (Phi) is 4.15. The van der Waals surface area contributed by atoms with Crippen LogP contribution in [0.3, 0.4) is 0 Å². The van der Waals surface area contributed by atoms with Crippen LogP contribution in [0.5, 0.6) is 5.75 Å². The molecule has 0 atom stereocenters. The van der Waals surface area contributed by atoms with Gasteiger partial charge in [-0.3, -0.25) is 0 Å². The third-order valence-corrected chi connectivity index (χ3v) is 4.27.